The van der Waals surface area contributed by atoms with Gasteiger partial charge in [-0.2, -0.15) is 0 Å². The number of aryl methyl sites for hydroxylation is 2. The molecule has 1 aliphatic rings. The Bertz CT molecular complexity index is 1290. The number of hydrogen-bond donors (Lipinski definition) is 0. The molecule has 34 heavy (non-hydrogen) atoms. The number of carbonyl (C=O) groups is 2. The van der Waals surface area contributed by atoms with Gasteiger partial charge in [-0.15, -0.1) is 11.3 Å². The summed E-state index contributed by atoms with van der Waals surface area (Å²) in [4.78, 5) is 34.5. The molecule has 2 aromatic carbocycles. The number of thiophene rings is 1. The van der Waals surface area contributed by atoms with Crippen LogP contribution in [0.4, 0.5) is 5.69 Å². The second-order valence-corrected chi connectivity index (χ2v) is 9.98. The largest absolute Gasteiger partial charge is 0.497 e. The van der Waals surface area contributed by atoms with Gasteiger partial charge in [-0.05, 0) is 55.8 Å². The number of aliphatic imine (C=N–C) groups is 1. The SMILES string of the molecule is COc1ccc(/C=C2/N=C(SCC(=O)c3cc(C)sc3C)N(c3cccc(OC)c3)C2=O)cc1. The molecule has 0 saturated heterocycles. The minimum Gasteiger partial charge on any atom is -0.497 e. The zero-order chi connectivity index (χ0) is 24.2. The molecule has 4 rings (SSSR count). The van der Waals surface area contributed by atoms with Gasteiger partial charge in [0.05, 0.1) is 25.7 Å². The van der Waals surface area contributed by atoms with Gasteiger partial charge >= 0.3 is 0 Å². The molecule has 0 atom stereocenters. The number of benzene rings is 2. The maximum atomic E-state index is 13.4. The molecule has 0 aliphatic carbocycles. The molecule has 2 heterocycles. The molecule has 8 heteroatoms. The molecule has 0 saturated carbocycles. The topological polar surface area (TPSA) is 68.2 Å². The average molecular weight is 493 g/mol. The number of carbonyl (C=O) groups excluding carboxylic acids is 2. The fourth-order valence-electron chi connectivity index (χ4n) is 3.54. The molecule has 0 unspecified atom stereocenters. The number of amidine groups is 1. The summed E-state index contributed by atoms with van der Waals surface area (Å²) in [6.07, 6.45) is 1.73. The minimum absolute atomic E-state index is 0.0141. The molecule has 0 spiro atoms. The fourth-order valence-corrected chi connectivity index (χ4v) is 5.38. The van der Waals surface area contributed by atoms with Crippen molar-refractivity contribution in [1.29, 1.82) is 0 Å². The van der Waals surface area contributed by atoms with Crippen molar-refractivity contribution in [2.24, 2.45) is 4.99 Å². The molecule has 6 nitrogen and oxygen atoms in total. The van der Waals surface area contributed by atoms with E-state index in [4.69, 9.17) is 9.47 Å². The fraction of sp³-hybridized carbons (Fsp3) is 0.192. The second kappa shape index (κ2) is 10.3. The van der Waals surface area contributed by atoms with Gasteiger partial charge in [-0.1, -0.05) is 30.0 Å². The van der Waals surface area contributed by atoms with Gasteiger partial charge in [0.15, 0.2) is 11.0 Å². The van der Waals surface area contributed by atoms with E-state index in [1.165, 1.54) is 16.7 Å². The van der Waals surface area contributed by atoms with Crippen LogP contribution in [0.1, 0.15) is 25.7 Å². The molecule has 0 N–H and O–H groups in total. The van der Waals surface area contributed by atoms with Crippen molar-refractivity contribution in [2.45, 2.75) is 13.8 Å². The Kier molecular flexibility index (Phi) is 7.19. The van der Waals surface area contributed by atoms with E-state index in [9.17, 15) is 9.59 Å². The lowest BCUT2D eigenvalue weighted by Gasteiger charge is -2.18. The summed E-state index contributed by atoms with van der Waals surface area (Å²) in [6.45, 7) is 3.94. The van der Waals surface area contributed by atoms with E-state index in [0.717, 1.165) is 26.6 Å². The first kappa shape index (κ1) is 23.8. The van der Waals surface area contributed by atoms with Gasteiger partial charge in [-0.25, -0.2) is 4.99 Å². The third-order valence-electron chi connectivity index (χ3n) is 5.23. The smallest absolute Gasteiger partial charge is 0.283 e. The highest BCUT2D eigenvalue weighted by molar-refractivity contribution is 8.14. The quantitative estimate of drug-likeness (QED) is 0.311. The molecular weight excluding hydrogens is 468 g/mol. The van der Waals surface area contributed by atoms with Gasteiger partial charge in [0.2, 0.25) is 0 Å². The maximum Gasteiger partial charge on any atom is 0.283 e. The van der Waals surface area contributed by atoms with Crippen LogP contribution in [0.5, 0.6) is 11.5 Å². The summed E-state index contributed by atoms with van der Waals surface area (Å²) in [5.41, 5.74) is 2.47. The first-order chi connectivity index (χ1) is 16.4. The predicted octanol–water partition coefficient (Wildman–Crippen LogP) is 5.74. The number of nitrogens with zero attached hydrogens (tertiary/aromatic N) is 2. The molecule has 174 valence electrons. The summed E-state index contributed by atoms with van der Waals surface area (Å²) >= 11 is 2.86. The van der Waals surface area contributed by atoms with E-state index in [0.29, 0.717) is 22.3 Å². The number of thioether (sulfide) groups is 1. The predicted molar refractivity (Wildman–Crippen MR) is 139 cm³/mol. The van der Waals surface area contributed by atoms with Gasteiger partial charge in [0, 0.05) is 21.4 Å². The molecule has 1 aliphatic heterocycles. The Morgan fingerprint density at radius 2 is 1.79 bits per heavy atom. The van der Waals surface area contributed by atoms with E-state index in [1.54, 1.807) is 37.7 Å². The van der Waals surface area contributed by atoms with Crippen LogP contribution in [0, 0.1) is 13.8 Å². The van der Waals surface area contributed by atoms with Crippen LogP contribution in [0.25, 0.3) is 6.08 Å². The van der Waals surface area contributed by atoms with Gasteiger partial charge in [0.25, 0.3) is 5.91 Å². The second-order valence-electron chi connectivity index (χ2n) is 7.58. The molecule has 3 aromatic rings. The Morgan fingerprint density at radius 1 is 1.06 bits per heavy atom. The van der Waals surface area contributed by atoms with Crippen molar-refractivity contribution in [1.82, 2.24) is 0 Å². The van der Waals surface area contributed by atoms with E-state index in [2.05, 4.69) is 4.99 Å². The lowest BCUT2D eigenvalue weighted by molar-refractivity contribution is -0.113. The van der Waals surface area contributed by atoms with Crippen LogP contribution in [-0.2, 0) is 4.79 Å². The normalized spacial score (nSPS) is 14.5. The third-order valence-corrected chi connectivity index (χ3v) is 7.14. The molecule has 1 amide bonds. The standard InChI is InChI=1S/C26H24N2O4S2/c1-16-12-22(17(2)34-16)24(29)15-33-26-27-23(13-18-8-10-20(31-3)11-9-18)25(30)28(26)19-6-5-7-21(14-19)32-4/h5-14H,15H2,1-4H3/b23-13+. The Hall–Kier alpha value is -3.36. The highest BCUT2D eigenvalue weighted by atomic mass is 32.2. The van der Waals surface area contributed by atoms with E-state index < -0.39 is 0 Å². The number of ketones is 1. The zero-order valence-electron chi connectivity index (χ0n) is 19.3. The van der Waals surface area contributed by atoms with Crippen LogP contribution in [0.3, 0.4) is 0 Å². The number of amides is 1. The van der Waals surface area contributed by atoms with Crippen LogP contribution in [-0.4, -0.2) is 36.8 Å². The van der Waals surface area contributed by atoms with Crippen molar-refractivity contribution in [2.75, 3.05) is 24.9 Å². The highest BCUT2D eigenvalue weighted by Crippen LogP contribution is 2.32. The maximum absolute atomic E-state index is 13.4. The summed E-state index contributed by atoms with van der Waals surface area (Å²) in [7, 11) is 3.18. The monoisotopic (exact) mass is 492 g/mol. The molecule has 0 fully saturated rings. The van der Waals surface area contributed by atoms with Gasteiger partial charge in [0.1, 0.15) is 17.2 Å². The molecule has 0 bridgehead atoms. The van der Waals surface area contributed by atoms with Gasteiger partial charge < -0.3 is 9.47 Å². The third kappa shape index (κ3) is 5.08. The lowest BCUT2D eigenvalue weighted by Crippen LogP contribution is -2.30. The van der Waals surface area contributed by atoms with E-state index in [1.807, 2.05) is 62.4 Å². The van der Waals surface area contributed by atoms with Crippen molar-refractivity contribution >= 4 is 51.7 Å². The van der Waals surface area contributed by atoms with Crippen LogP contribution < -0.4 is 14.4 Å². The first-order valence-corrected chi connectivity index (χ1v) is 12.4. The summed E-state index contributed by atoms with van der Waals surface area (Å²) in [6, 6.07) is 16.5. The van der Waals surface area contributed by atoms with Gasteiger partial charge in [-0.3, -0.25) is 14.5 Å². The van der Waals surface area contributed by atoms with Crippen molar-refractivity contribution < 1.29 is 19.1 Å². The number of Topliss-reactive ketones (excluding diaryl/α,β-unsaturated/α-hetero) is 1. The number of hydrogen-bond acceptors (Lipinski definition) is 7. The number of methoxy groups -OCH3 is 2. The van der Waals surface area contributed by atoms with Crippen LogP contribution in [0.15, 0.2) is 65.3 Å². The minimum atomic E-state index is -0.262. The average Bonchev–Trinajstić information content (AvgIpc) is 3.35. The zero-order valence-corrected chi connectivity index (χ0v) is 21.0. The Balaban J connectivity index is 1.65. The number of anilines is 1. The number of rotatable bonds is 7. The summed E-state index contributed by atoms with van der Waals surface area (Å²) in [5.74, 6) is 1.29. The molecular formula is C26H24N2O4S2. The lowest BCUT2D eigenvalue weighted by atomic mass is 10.2. The van der Waals surface area contributed by atoms with Crippen molar-refractivity contribution in [3.05, 3.63) is 81.2 Å². The summed E-state index contributed by atoms with van der Waals surface area (Å²) in [5, 5.41) is 0.455. The van der Waals surface area contributed by atoms with E-state index >= 15 is 0 Å². The summed E-state index contributed by atoms with van der Waals surface area (Å²) < 4.78 is 10.5. The van der Waals surface area contributed by atoms with Crippen molar-refractivity contribution in [3.63, 3.8) is 0 Å². The highest BCUT2D eigenvalue weighted by Gasteiger charge is 2.33. The van der Waals surface area contributed by atoms with Crippen LogP contribution in [0.2, 0.25) is 0 Å². The number of ether oxygens (including phenoxy) is 2. The van der Waals surface area contributed by atoms with Crippen molar-refractivity contribution in [3.8, 4) is 11.5 Å². The Morgan fingerprint density at radius 3 is 2.44 bits per heavy atom. The van der Waals surface area contributed by atoms with Crippen LogP contribution >= 0.6 is 23.1 Å². The molecule has 0 radical (unpaired) electrons. The first-order valence-electron chi connectivity index (χ1n) is 10.6. The Labute approximate surface area is 206 Å². The molecule has 1 aromatic heterocycles. The van der Waals surface area contributed by atoms with E-state index in [-0.39, 0.29) is 17.4 Å².